The minimum Gasteiger partial charge on any atom is -0.378 e. The van der Waals surface area contributed by atoms with Crippen LogP contribution < -0.4 is 10.2 Å². The van der Waals surface area contributed by atoms with Crippen LogP contribution in [0.2, 0.25) is 4.47 Å². The van der Waals surface area contributed by atoms with Crippen LogP contribution in [-0.4, -0.2) is 18.1 Å². The normalized spacial score (nSPS) is 15.2. The summed E-state index contributed by atoms with van der Waals surface area (Å²) in [6.07, 6.45) is 5.23. The maximum absolute atomic E-state index is 14.3. The summed E-state index contributed by atoms with van der Waals surface area (Å²) < 4.78 is 14.8. The van der Waals surface area contributed by atoms with Crippen molar-refractivity contribution in [1.82, 2.24) is 4.98 Å². The van der Waals surface area contributed by atoms with E-state index in [1.807, 2.05) is 6.07 Å². The molecule has 0 saturated carbocycles. The average molecular weight is 326 g/mol. The molecular weight excluding hydrogens is 309 g/mol. The van der Waals surface area contributed by atoms with Crippen molar-refractivity contribution >= 4 is 34.3 Å². The minimum atomic E-state index is -0.163. The van der Waals surface area contributed by atoms with Crippen LogP contribution >= 0.6 is 22.9 Å². The summed E-state index contributed by atoms with van der Waals surface area (Å²) in [4.78, 5) is 7.19. The van der Waals surface area contributed by atoms with Gasteiger partial charge in [-0.3, -0.25) is 0 Å². The fourth-order valence-electron chi connectivity index (χ4n) is 2.64. The molecule has 1 fully saturated rings. The van der Waals surface area contributed by atoms with Gasteiger partial charge in [-0.1, -0.05) is 17.7 Å². The van der Waals surface area contributed by atoms with Crippen LogP contribution in [0.4, 0.5) is 15.8 Å². The van der Waals surface area contributed by atoms with Crippen LogP contribution in [0.15, 0.2) is 24.4 Å². The lowest BCUT2D eigenvalue weighted by Gasteiger charge is -2.31. The van der Waals surface area contributed by atoms with Crippen molar-refractivity contribution < 1.29 is 4.39 Å². The van der Waals surface area contributed by atoms with Crippen LogP contribution in [0.3, 0.4) is 0 Å². The van der Waals surface area contributed by atoms with E-state index >= 15 is 0 Å². The molecule has 21 heavy (non-hydrogen) atoms. The van der Waals surface area contributed by atoms with Gasteiger partial charge in [0.1, 0.15) is 5.82 Å². The van der Waals surface area contributed by atoms with Crippen molar-refractivity contribution in [2.24, 2.45) is 0 Å². The van der Waals surface area contributed by atoms with Gasteiger partial charge in [0.2, 0.25) is 0 Å². The SMILES string of the molecule is Fc1cccc(NCc2cnc(Cl)s2)c1N1CCCCC1. The molecule has 1 saturated heterocycles. The number of benzene rings is 1. The fraction of sp³-hybridized carbons (Fsp3) is 0.400. The number of halogens is 2. The van der Waals surface area contributed by atoms with E-state index in [2.05, 4.69) is 15.2 Å². The monoisotopic (exact) mass is 325 g/mol. The van der Waals surface area contributed by atoms with E-state index < -0.39 is 0 Å². The quantitative estimate of drug-likeness (QED) is 0.894. The molecule has 0 amide bonds. The summed E-state index contributed by atoms with van der Waals surface area (Å²) in [6.45, 7) is 2.44. The average Bonchev–Trinajstić information content (AvgIpc) is 2.92. The third-order valence-electron chi connectivity index (χ3n) is 3.64. The number of nitrogens with one attached hydrogen (secondary N) is 1. The number of nitrogens with zero attached hydrogens (tertiary/aromatic N) is 2. The van der Waals surface area contributed by atoms with E-state index in [0.717, 1.165) is 36.5 Å². The molecule has 3 nitrogen and oxygen atoms in total. The van der Waals surface area contributed by atoms with Crippen LogP contribution in [0.25, 0.3) is 0 Å². The predicted molar refractivity (Wildman–Crippen MR) is 86.9 cm³/mol. The number of aromatic nitrogens is 1. The second kappa shape index (κ2) is 6.62. The molecule has 1 aromatic carbocycles. The highest BCUT2D eigenvalue weighted by Gasteiger charge is 2.18. The Hall–Kier alpha value is -1.33. The van der Waals surface area contributed by atoms with Crippen LogP contribution in [0, 0.1) is 5.82 Å². The Morgan fingerprint density at radius 1 is 1.29 bits per heavy atom. The number of hydrogen-bond acceptors (Lipinski definition) is 4. The van der Waals surface area contributed by atoms with Gasteiger partial charge in [-0.25, -0.2) is 9.37 Å². The van der Waals surface area contributed by atoms with E-state index in [1.54, 1.807) is 12.3 Å². The molecule has 0 aliphatic carbocycles. The minimum absolute atomic E-state index is 0.163. The molecule has 6 heteroatoms. The lowest BCUT2D eigenvalue weighted by Crippen LogP contribution is -2.30. The first-order valence-corrected chi connectivity index (χ1v) is 8.31. The Bertz CT molecular complexity index is 611. The zero-order valence-corrected chi connectivity index (χ0v) is 13.2. The van der Waals surface area contributed by atoms with Gasteiger partial charge in [-0.05, 0) is 31.4 Å². The van der Waals surface area contributed by atoms with E-state index in [-0.39, 0.29) is 5.82 Å². The molecule has 2 aromatic rings. The molecule has 1 aliphatic rings. The molecule has 0 atom stereocenters. The Morgan fingerprint density at radius 2 is 2.10 bits per heavy atom. The van der Waals surface area contributed by atoms with Crippen LogP contribution in [0.1, 0.15) is 24.1 Å². The van der Waals surface area contributed by atoms with Crippen molar-refractivity contribution in [2.45, 2.75) is 25.8 Å². The molecule has 0 spiro atoms. The highest BCUT2D eigenvalue weighted by atomic mass is 35.5. The van der Waals surface area contributed by atoms with Gasteiger partial charge in [0.05, 0.1) is 17.9 Å². The molecule has 2 heterocycles. The Kier molecular flexibility index (Phi) is 4.60. The summed E-state index contributed by atoms with van der Waals surface area (Å²) >= 11 is 7.27. The molecule has 1 aliphatic heterocycles. The first-order valence-electron chi connectivity index (χ1n) is 7.11. The Balaban J connectivity index is 1.79. The lowest BCUT2D eigenvalue weighted by atomic mass is 10.1. The van der Waals surface area contributed by atoms with Gasteiger partial charge in [0.25, 0.3) is 0 Å². The summed E-state index contributed by atoms with van der Waals surface area (Å²) in [5.41, 5.74) is 1.52. The summed E-state index contributed by atoms with van der Waals surface area (Å²) in [5.74, 6) is -0.163. The Labute approximate surface area is 132 Å². The molecule has 0 unspecified atom stereocenters. The zero-order valence-electron chi connectivity index (χ0n) is 11.6. The first-order chi connectivity index (χ1) is 10.2. The molecular formula is C15H17ClFN3S. The van der Waals surface area contributed by atoms with E-state index in [1.165, 1.54) is 23.8 Å². The number of para-hydroxylation sites is 1. The van der Waals surface area contributed by atoms with Crippen molar-refractivity contribution in [3.05, 3.63) is 39.6 Å². The highest BCUT2D eigenvalue weighted by molar-refractivity contribution is 7.15. The van der Waals surface area contributed by atoms with Crippen molar-refractivity contribution in [3.63, 3.8) is 0 Å². The second-order valence-electron chi connectivity index (χ2n) is 5.12. The third-order valence-corrected chi connectivity index (χ3v) is 4.75. The highest BCUT2D eigenvalue weighted by Crippen LogP contribution is 2.32. The van der Waals surface area contributed by atoms with Gasteiger partial charge in [0, 0.05) is 24.2 Å². The van der Waals surface area contributed by atoms with Crippen molar-refractivity contribution in [2.75, 3.05) is 23.3 Å². The predicted octanol–water partition coefficient (Wildman–Crippen LogP) is 4.54. The standard InChI is InChI=1S/C15H17ClFN3S/c16-15-19-10-11(21-15)9-18-13-6-4-5-12(17)14(13)20-7-2-1-3-8-20/h4-6,10,18H,1-3,7-9H2. The number of anilines is 2. The van der Waals surface area contributed by atoms with Gasteiger partial charge >= 0.3 is 0 Å². The summed E-state index contributed by atoms with van der Waals surface area (Å²) in [6, 6.07) is 5.19. The third kappa shape index (κ3) is 3.47. The van der Waals surface area contributed by atoms with Gasteiger partial charge < -0.3 is 10.2 Å². The smallest absolute Gasteiger partial charge is 0.183 e. The maximum Gasteiger partial charge on any atom is 0.183 e. The molecule has 0 radical (unpaired) electrons. The number of rotatable bonds is 4. The van der Waals surface area contributed by atoms with Crippen molar-refractivity contribution in [1.29, 1.82) is 0 Å². The Morgan fingerprint density at radius 3 is 2.81 bits per heavy atom. The molecule has 1 N–H and O–H groups in total. The topological polar surface area (TPSA) is 28.2 Å². The fourth-order valence-corrected chi connectivity index (χ4v) is 3.56. The van der Waals surface area contributed by atoms with Gasteiger partial charge in [-0.15, -0.1) is 11.3 Å². The molecule has 1 aromatic heterocycles. The zero-order chi connectivity index (χ0) is 14.7. The van der Waals surface area contributed by atoms with Crippen LogP contribution in [0.5, 0.6) is 0 Å². The largest absolute Gasteiger partial charge is 0.378 e. The van der Waals surface area contributed by atoms with Crippen LogP contribution in [-0.2, 0) is 6.54 Å². The second-order valence-corrected chi connectivity index (χ2v) is 6.81. The van der Waals surface area contributed by atoms with Gasteiger partial charge in [0.15, 0.2) is 4.47 Å². The van der Waals surface area contributed by atoms with Crippen molar-refractivity contribution in [3.8, 4) is 0 Å². The van der Waals surface area contributed by atoms with E-state index in [9.17, 15) is 4.39 Å². The summed E-state index contributed by atoms with van der Waals surface area (Å²) in [5, 5.41) is 3.31. The summed E-state index contributed by atoms with van der Waals surface area (Å²) in [7, 11) is 0. The van der Waals surface area contributed by atoms with E-state index in [4.69, 9.17) is 11.6 Å². The molecule has 3 rings (SSSR count). The molecule has 112 valence electrons. The van der Waals surface area contributed by atoms with Gasteiger partial charge in [-0.2, -0.15) is 0 Å². The maximum atomic E-state index is 14.3. The van der Waals surface area contributed by atoms with E-state index in [0.29, 0.717) is 16.7 Å². The molecule has 0 bridgehead atoms. The number of hydrogen-bond donors (Lipinski definition) is 1. The number of thiazole rings is 1. The number of piperidine rings is 1. The lowest BCUT2D eigenvalue weighted by molar-refractivity contribution is 0.557. The first kappa shape index (κ1) is 14.6.